The van der Waals surface area contributed by atoms with Crippen LogP contribution < -0.4 is 9.47 Å². The molecule has 2 N–H and O–H groups in total. The first-order valence-corrected chi connectivity index (χ1v) is 17.6. The number of rotatable bonds is 10. The van der Waals surface area contributed by atoms with Crippen molar-refractivity contribution in [1.82, 2.24) is 0 Å². The molecule has 6 aromatic rings. The minimum Gasteiger partial charge on any atom is -0.508 e. The molecule has 264 valence electrons. The summed E-state index contributed by atoms with van der Waals surface area (Å²) in [5.74, 6) is 2.14. The molecule has 0 heterocycles. The van der Waals surface area contributed by atoms with Crippen LogP contribution in [0.5, 0.6) is 28.7 Å². The van der Waals surface area contributed by atoms with Gasteiger partial charge < -0.3 is 19.7 Å². The second-order valence-electron chi connectivity index (χ2n) is 15.3. The lowest BCUT2D eigenvalue weighted by Gasteiger charge is -2.30. The highest BCUT2D eigenvalue weighted by molar-refractivity contribution is 6.09. The molecular formula is C47H46O5. The van der Waals surface area contributed by atoms with Crippen molar-refractivity contribution in [2.24, 2.45) is 0 Å². The number of hydrogen-bond acceptors (Lipinski definition) is 5. The van der Waals surface area contributed by atoms with Crippen LogP contribution in [0.1, 0.15) is 97.1 Å². The molecule has 0 amide bonds. The molecule has 0 bridgehead atoms. The zero-order chi connectivity index (χ0) is 37.0. The Bertz CT molecular complexity index is 2080. The van der Waals surface area contributed by atoms with E-state index in [1.165, 1.54) is 5.56 Å². The van der Waals surface area contributed by atoms with Gasteiger partial charge in [0.1, 0.15) is 34.3 Å². The van der Waals surface area contributed by atoms with Crippen LogP contribution in [0.4, 0.5) is 0 Å². The summed E-state index contributed by atoms with van der Waals surface area (Å²) in [6.45, 7) is 12.5. The third kappa shape index (κ3) is 8.73. The summed E-state index contributed by atoms with van der Waals surface area (Å²) in [5.41, 5.74) is 6.30. The smallest absolute Gasteiger partial charge is 0.193 e. The molecule has 0 spiro atoms. The third-order valence-corrected chi connectivity index (χ3v) is 9.11. The molecule has 0 aliphatic heterocycles. The molecule has 5 heteroatoms. The fourth-order valence-electron chi connectivity index (χ4n) is 6.46. The largest absolute Gasteiger partial charge is 0.508 e. The highest BCUT2D eigenvalue weighted by Gasteiger charge is 2.29. The molecule has 0 aromatic heterocycles. The first-order chi connectivity index (χ1) is 24.7. The highest BCUT2D eigenvalue weighted by atomic mass is 16.5. The maximum absolute atomic E-state index is 13.2. The Morgan fingerprint density at radius 1 is 0.462 bits per heavy atom. The van der Waals surface area contributed by atoms with Crippen molar-refractivity contribution in [2.45, 2.75) is 64.4 Å². The van der Waals surface area contributed by atoms with Gasteiger partial charge >= 0.3 is 0 Å². The Hall–Kier alpha value is -5.81. The summed E-state index contributed by atoms with van der Waals surface area (Å²) in [7, 11) is 0. The van der Waals surface area contributed by atoms with E-state index in [0.717, 1.165) is 28.0 Å². The monoisotopic (exact) mass is 690 g/mol. The molecule has 5 nitrogen and oxygen atoms in total. The van der Waals surface area contributed by atoms with Gasteiger partial charge in [0.2, 0.25) is 0 Å². The maximum Gasteiger partial charge on any atom is 0.193 e. The second-order valence-corrected chi connectivity index (χ2v) is 15.3. The van der Waals surface area contributed by atoms with Crippen molar-refractivity contribution in [3.05, 3.63) is 185 Å². The molecule has 0 aliphatic rings. The molecule has 6 aromatic carbocycles. The summed E-state index contributed by atoms with van der Waals surface area (Å²) in [4.78, 5) is 13.2. The standard InChI is InChI=1S/C47H46O5/c1-46(2,3)37-19-7-35(8-20-37)45(50)36-17-27-41(28-18-36)51-40-25-13-33(14-26-40)43(31-9-21-38(48)22-10-31)44(32-11-23-39(49)24-12-32)34-15-29-42(30-16-34)52-47(4,5)6/h7-30,43-44,48-49H,1-6H3. The lowest BCUT2D eigenvalue weighted by atomic mass is 9.73. The normalized spacial score (nSPS) is 12.9. The van der Waals surface area contributed by atoms with Crippen LogP contribution in [0, 0.1) is 0 Å². The zero-order valence-corrected chi connectivity index (χ0v) is 30.6. The second kappa shape index (κ2) is 14.8. The molecule has 0 fully saturated rings. The average Bonchev–Trinajstić information content (AvgIpc) is 3.12. The molecule has 0 saturated heterocycles. The molecule has 2 unspecified atom stereocenters. The van der Waals surface area contributed by atoms with Crippen molar-refractivity contribution < 1.29 is 24.5 Å². The van der Waals surface area contributed by atoms with E-state index in [2.05, 4.69) is 45.0 Å². The van der Waals surface area contributed by atoms with Crippen molar-refractivity contribution in [3.63, 3.8) is 0 Å². The van der Waals surface area contributed by atoms with Crippen molar-refractivity contribution in [1.29, 1.82) is 0 Å². The first kappa shape index (κ1) is 36.0. The van der Waals surface area contributed by atoms with Crippen LogP contribution in [0.3, 0.4) is 0 Å². The van der Waals surface area contributed by atoms with Gasteiger partial charge in [0.05, 0.1) is 0 Å². The van der Waals surface area contributed by atoms with E-state index in [4.69, 9.17) is 9.47 Å². The maximum atomic E-state index is 13.2. The Morgan fingerprint density at radius 3 is 1.15 bits per heavy atom. The Balaban J connectivity index is 1.28. The summed E-state index contributed by atoms with van der Waals surface area (Å²) < 4.78 is 12.4. The predicted molar refractivity (Wildman–Crippen MR) is 208 cm³/mol. The molecule has 52 heavy (non-hydrogen) atoms. The molecule has 2 atom stereocenters. The topological polar surface area (TPSA) is 76.0 Å². The van der Waals surface area contributed by atoms with E-state index in [-0.39, 0.29) is 40.1 Å². The fraction of sp³-hybridized carbons (Fsp3) is 0.213. The van der Waals surface area contributed by atoms with Gasteiger partial charge in [-0.2, -0.15) is 0 Å². The summed E-state index contributed by atoms with van der Waals surface area (Å²) in [6, 6.07) is 46.0. The van der Waals surface area contributed by atoms with Crippen molar-refractivity contribution >= 4 is 5.78 Å². The van der Waals surface area contributed by atoms with Crippen LogP contribution in [-0.2, 0) is 5.41 Å². The number of aromatic hydroxyl groups is 2. The average molecular weight is 691 g/mol. The molecule has 0 saturated carbocycles. The highest BCUT2D eigenvalue weighted by Crippen LogP contribution is 2.44. The van der Waals surface area contributed by atoms with Crippen molar-refractivity contribution in [2.75, 3.05) is 0 Å². The van der Waals surface area contributed by atoms with Gasteiger partial charge in [-0.25, -0.2) is 0 Å². The summed E-state index contributed by atoms with van der Waals surface area (Å²) in [5, 5.41) is 20.3. The number of hydrogen-bond donors (Lipinski definition) is 2. The van der Waals surface area contributed by atoms with E-state index < -0.39 is 0 Å². The Kier molecular flexibility index (Phi) is 10.3. The van der Waals surface area contributed by atoms with E-state index in [1.54, 1.807) is 36.4 Å². The van der Waals surface area contributed by atoms with E-state index in [1.807, 2.05) is 106 Å². The number of benzene rings is 6. The van der Waals surface area contributed by atoms with Gasteiger partial charge in [-0.15, -0.1) is 0 Å². The van der Waals surface area contributed by atoms with Gasteiger partial charge in [-0.05, 0) is 127 Å². The number of ether oxygens (including phenoxy) is 2. The SMILES string of the molecule is CC(C)(C)Oc1ccc(C(c2ccc(O)cc2)C(c2ccc(O)cc2)c2ccc(Oc3ccc(C(=O)c4ccc(C(C)(C)C)cc4)cc3)cc2)cc1. The molecule has 0 radical (unpaired) electrons. The van der Waals surface area contributed by atoms with Crippen LogP contribution in [0.15, 0.2) is 146 Å². The van der Waals surface area contributed by atoms with Gasteiger partial charge in [0, 0.05) is 23.0 Å². The molecular weight excluding hydrogens is 645 g/mol. The van der Waals surface area contributed by atoms with Gasteiger partial charge in [0.25, 0.3) is 0 Å². The van der Waals surface area contributed by atoms with E-state index in [0.29, 0.717) is 22.6 Å². The molecule has 6 rings (SSSR count). The molecule has 0 aliphatic carbocycles. The quantitative estimate of drug-likeness (QED) is 0.140. The third-order valence-electron chi connectivity index (χ3n) is 9.11. The van der Waals surface area contributed by atoms with Crippen LogP contribution in [0.2, 0.25) is 0 Å². The van der Waals surface area contributed by atoms with Crippen LogP contribution in [0.25, 0.3) is 0 Å². The number of carbonyl (C=O) groups excluding carboxylic acids is 1. The lowest BCUT2D eigenvalue weighted by Crippen LogP contribution is -2.23. The predicted octanol–water partition coefficient (Wildman–Crippen LogP) is 11.6. The minimum atomic E-state index is -0.325. The van der Waals surface area contributed by atoms with Gasteiger partial charge in [-0.3, -0.25) is 4.79 Å². The fourth-order valence-corrected chi connectivity index (χ4v) is 6.46. The number of phenolic OH excluding ortho intramolecular Hbond substituents is 2. The van der Waals surface area contributed by atoms with Crippen LogP contribution >= 0.6 is 0 Å². The van der Waals surface area contributed by atoms with E-state index >= 15 is 0 Å². The van der Waals surface area contributed by atoms with Crippen molar-refractivity contribution in [3.8, 4) is 28.7 Å². The minimum absolute atomic E-state index is 0.0215. The van der Waals surface area contributed by atoms with Gasteiger partial charge in [-0.1, -0.05) is 93.6 Å². The summed E-state index contributed by atoms with van der Waals surface area (Å²) in [6.07, 6.45) is 0. The lowest BCUT2D eigenvalue weighted by molar-refractivity contribution is 0.103. The zero-order valence-electron chi connectivity index (χ0n) is 30.6. The summed E-state index contributed by atoms with van der Waals surface area (Å²) >= 11 is 0. The first-order valence-electron chi connectivity index (χ1n) is 17.6. The van der Waals surface area contributed by atoms with Crippen LogP contribution in [-0.4, -0.2) is 21.6 Å². The van der Waals surface area contributed by atoms with Gasteiger partial charge in [0.15, 0.2) is 5.78 Å². The number of carbonyl (C=O) groups is 1. The van der Waals surface area contributed by atoms with E-state index in [9.17, 15) is 15.0 Å². The Morgan fingerprint density at radius 2 is 0.788 bits per heavy atom. The Labute approximate surface area is 307 Å². The number of ketones is 1. The number of phenols is 2.